The molecule has 0 aliphatic heterocycles. The summed E-state index contributed by atoms with van der Waals surface area (Å²) < 4.78 is 32.5. The predicted octanol–water partition coefficient (Wildman–Crippen LogP) is 3.26. The number of hydrogen-bond acceptors (Lipinski definition) is 8. The van der Waals surface area contributed by atoms with Gasteiger partial charge in [-0.2, -0.15) is 4.80 Å². The molecule has 39 heavy (non-hydrogen) atoms. The summed E-state index contributed by atoms with van der Waals surface area (Å²) in [5.74, 6) is 1.40. The van der Waals surface area contributed by atoms with E-state index in [4.69, 9.17) is 4.74 Å². The van der Waals surface area contributed by atoms with Gasteiger partial charge in [0.25, 0.3) is 5.91 Å². The molecular formula is C27H37N7O4S. The maximum atomic E-state index is 12.8. The van der Waals surface area contributed by atoms with Gasteiger partial charge < -0.3 is 10.1 Å². The minimum atomic E-state index is -3.21. The van der Waals surface area contributed by atoms with Crippen LogP contribution in [0.3, 0.4) is 0 Å². The molecule has 0 spiro atoms. The van der Waals surface area contributed by atoms with Gasteiger partial charge in [0, 0.05) is 23.8 Å². The van der Waals surface area contributed by atoms with Gasteiger partial charge in [0.1, 0.15) is 11.4 Å². The van der Waals surface area contributed by atoms with Gasteiger partial charge >= 0.3 is 0 Å². The number of carbonyl (C=O) groups excluding carboxylic acids is 1. The number of unbranched alkanes of at least 4 members (excludes halogenated alkanes) is 1. The second kappa shape index (κ2) is 13.1. The second-order valence-electron chi connectivity index (χ2n) is 10.1. The van der Waals surface area contributed by atoms with Crippen LogP contribution in [0.5, 0.6) is 5.75 Å². The maximum Gasteiger partial charge on any atom is 0.270 e. The van der Waals surface area contributed by atoms with Crippen molar-refractivity contribution in [1.82, 2.24) is 35.2 Å². The van der Waals surface area contributed by atoms with Gasteiger partial charge in [-0.25, -0.2) is 18.1 Å². The van der Waals surface area contributed by atoms with Crippen molar-refractivity contribution in [3.05, 3.63) is 53.3 Å². The van der Waals surface area contributed by atoms with Gasteiger partial charge in [-0.05, 0) is 80.0 Å². The van der Waals surface area contributed by atoms with Crippen molar-refractivity contribution in [3.8, 4) is 17.1 Å². The lowest BCUT2D eigenvalue weighted by Crippen LogP contribution is -2.39. The lowest BCUT2D eigenvalue weighted by Gasteiger charge is -2.28. The van der Waals surface area contributed by atoms with Crippen molar-refractivity contribution < 1.29 is 17.9 Å². The topological polar surface area (TPSA) is 141 Å². The molecule has 2 N–H and O–H groups in total. The fraction of sp³-hybridized carbons (Fsp3) is 0.519. The van der Waals surface area contributed by atoms with Crippen molar-refractivity contribution in [2.75, 3.05) is 12.9 Å². The standard InChI is InChI=1S/C27H37N7O4S/c1-4-5-13-39(36,37)32-23-11-9-20(10-12-23)18-34-31-26(30-33-34)22-14-19(2)29-25(16-22)27(35)28-17-21-7-6-8-24(15-21)38-3/h6-8,14-16,20,23,32H,4-5,9-13,17-18H2,1-3H3,(H,28,35). The number of methoxy groups -OCH3 is 1. The Morgan fingerprint density at radius 2 is 1.95 bits per heavy atom. The van der Waals surface area contributed by atoms with Crippen LogP contribution in [0.25, 0.3) is 11.4 Å². The number of nitrogens with one attached hydrogen (secondary N) is 2. The molecule has 4 rings (SSSR count). The monoisotopic (exact) mass is 555 g/mol. The Morgan fingerprint density at radius 1 is 1.15 bits per heavy atom. The first-order valence-electron chi connectivity index (χ1n) is 13.4. The highest BCUT2D eigenvalue weighted by atomic mass is 32.2. The fourth-order valence-electron chi connectivity index (χ4n) is 4.75. The van der Waals surface area contributed by atoms with E-state index in [1.165, 1.54) is 0 Å². The summed E-state index contributed by atoms with van der Waals surface area (Å²) in [7, 11) is -1.61. The molecule has 1 aliphatic carbocycles. The summed E-state index contributed by atoms with van der Waals surface area (Å²) in [5, 5.41) is 15.9. The number of sulfonamides is 1. The largest absolute Gasteiger partial charge is 0.497 e. The number of tetrazole rings is 1. The Balaban J connectivity index is 1.33. The van der Waals surface area contributed by atoms with Crippen molar-refractivity contribution in [2.24, 2.45) is 5.92 Å². The number of benzene rings is 1. The van der Waals surface area contributed by atoms with E-state index in [0.717, 1.165) is 43.4 Å². The van der Waals surface area contributed by atoms with E-state index in [0.29, 0.717) is 42.5 Å². The first-order valence-corrected chi connectivity index (χ1v) is 15.1. The van der Waals surface area contributed by atoms with Crippen LogP contribution in [0.2, 0.25) is 0 Å². The molecule has 0 unspecified atom stereocenters. The Labute approximate surface area is 229 Å². The number of amides is 1. The minimum Gasteiger partial charge on any atom is -0.497 e. The van der Waals surface area contributed by atoms with E-state index in [2.05, 4.69) is 30.4 Å². The molecule has 1 aromatic carbocycles. The van der Waals surface area contributed by atoms with Gasteiger partial charge in [-0.3, -0.25) is 4.79 Å². The highest BCUT2D eigenvalue weighted by Gasteiger charge is 2.25. The Kier molecular flexibility index (Phi) is 9.63. The Morgan fingerprint density at radius 3 is 2.69 bits per heavy atom. The zero-order chi connectivity index (χ0) is 27.8. The number of ether oxygens (including phenoxy) is 1. The molecule has 11 nitrogen and oxygen atoms in total. The average Bonchev–Trinajstić information content (AvgIpc) is 3.40. The van der Waals surface area contributed by atoms with Crippen LogP contribution >= 0.6 is 0 Å². The smallest absolute Gasteiger partial charge is 0.270 e. The number of carbonyl (C=O) groups is 1. The zero-order valence-electron chi connectivity index (χ0n) is 22.8. The van der Waals surface area contributed by atoms with Crippen molar-refractivity contribution in [3.63, 3.8) is 0 Å². The Hall–Kier alpha value is -3.38. The van der Waals surface area contributed by atoms with E-state index in [1.54, 1.807) is 18.0 Å². The third kappa shape index (κ3) is 8.30. The summed E-state index contributed by atoms with van der Waals surface area (Å²) >= 11 is 0. The highest BCUT2D eigenvalue weighted by Crippen LogP contribution is 2.26. The molecule has 12 heteroatoms. The molecule has 2 heterocycles. The van der Waals surface area contributed by atoms with Gasteiger partial charge in [0.15, 0.2) is 0 Å². The number of hydrogen-bond donors (Lipinski definition) is 2. The number of nitrogens with zero attached hydrogens (tertiary/aromatic N) is 5. The molecule has 1 saturated carbocycles. The summed E-state index contributed by atoms with van der Waals surface area (Å²) in [4.78, 5) is 18.8. The molecule has 0 radical (unpaired) electrons. The summed E-state index contributed by atoms with van der Waals surface area (Å²) in [6.45, 7) is 4.76. The molecule has 0 bridgehead atoms. The van der Waals surface area contributed by atoms with E-state index in [1.807, 2.05) is 44.2 Å². The van der Waals surface area contributed by atoms with Gasteiger partial charge in [0.05, 0.1) is 19.4 Å². The number of aryl methyl sites for hydroxylation is 1. The van der Waals surface area contributed by atoms with Crippen LogP contribution in [-0.4, -0.2) is 58.4 Å². The van der Waals surface area contributed by atoms with Crippen LogP contribution in [0.1, 0.15) is 67.2 Å². The highest BCUT2D eigenvalue weighted by molar-refractivity contribution is 7.89. The molecule has 3 aromatic rings. The van der Waals surface area contributed by atoms with Crippen molar-refractivity contribution >= 4 is 15.9 Å². The van der Waals surface area contributed by atoms with Crippen LogP contribution < -0.4 is 14.8 Å². The number of aromatic nitrogens is 5. The second-order valence-corrected chi connectivity index (χ2v) is 12.0. The Bertz CT molecular complexity index is 1370. The zero-order valence-corrected chi connectivity index (χ0v) is 23.6. The summed E-state index contributed by atoms with van der Waals surface area (Å²) in [6, 6.07) is 11.0. The molecule has 0 saturated heterocycles. The minimum absolute atomic E-state index is 0.00402. The molecular weight excluding hydrogens is 518 g/mol. The maximum absolute atomic E-state index is 12.8. The van der Waals surface area contributed by atoms with Crippen molar-refractivity contribution in [2.45, 2.75) is 71.5 Å². The number of pyridine rings is 1. The van der Waals surface area contributed by atoms with Crippen LogP contribution in [0, 0.1) is 12.8 Å². The van der Waals surface area contributed by atoms with E-state index in [9.17, 15) is 13.2 Å². The van der Waals surface area contributed by atoms with Crippen LogP contribution in [0.4, 0.5) is 0 Å². The normalized spacial score (nSPS) is 17.6. The SMILES string of the molecule is CCCCS(=O)(=O)NC1CCC(Cn2nnc(-c3cc(C)nc(C(=O)NCc4cccc(OC)c4)c3)n2)CC1. The molecule has 1 amide bonds. The van der Waals surface area contributed by atoms with Gasteiger partial charge in [0.2, 0.25) is 15.8 Å². The molecule has 1 aliphatic rings. The molecule has 0 atom stereocenters. The lowest BCUT2D eigenvalue weighted by molar-refractivity contribution is 0.0945. The molecule has 210 valence electrons. The summed E-state index contributed by atoms with van der Waals surface area (Å²) in [6.07, 6.45) is 4.92. The predicted molar refractivity (Wildman–Crippen MR) is 148 cm³/mol. The molecule has 1 fully saturated rings. The van der Waals surface area contributed by atoms with Crippen LogP contribution in [-0.2, 0) is 23.1 Å². The fourth-order valence-corrected chi connectivity index (χ4v) is 6.28. The first-order chi connectivity index (χ1) is 18.7. The first kappa shape index (κ1) is 28.6. The average molecular weight is 556 g/mol. The van der Waals surface area contributed by atoms with E-state index < -0.39 is 10.0 Å². The molecule has 2 aromatic heterocycles. The van der Waals surface area contributed by atoms with Crippen LogP contribution in [0.15, 0.2) is 36.4 Å². The van der Waals surface area contributed by atoms with Gasteiger partial charge in [-0.1, -0.05) is 25.5 Å². The third-order valence-corrected chi connectivity index (χ3v) is 8.38. The van der Waals surface area contributed by atoms with E-state index in [-0.39, 0.29) is 23.4 Å². The third-order valence-electron chi connectivity index (χ3n) is 6.87. The quantitative estimate of drug-likeness (QED) is 0.347. The van der Waals surface area contributed by atoms with Gasteiger partial charge in [-0.15, -0.1) is 10.2 Å². The van der Waals surface area contributed by atoms with Crippen molar-refractivity contribution in [1.29, 1.82) is 0 Å². The number of rotatable bonds is 12. The summed E-state index contributed by atoms with van der Waals surface area (Å²) in [5.41, 5.74) is 2.55. The lowest BCUT2D eigenvalue weighted by atomic mass is 9.86. The van der Waals surface area contributed by atoms with E-state index >= 15 is 0 Å².